The van der Waals surface area contributed by atoms with E-state index in [1.165, 1.54) is 5.56 Å². The molecule has 156 valence electrons. The van der Waals surface area contributed by atoms with E-state index < -0.39 is 6.04 Å². The van der Waals surface area contributed by atoms with Gasteiger partial charge in [0, 0.05) is 13.1 Å². The van der Waals surface area contributed by atoms with Crippen LogP contribution in [0.4, 0.5) is 0 Å². The number of amides is 2. The molecule has 0 saturated heterocycles. The summed E-state index contributed by atoms with van der Waals surface area (Å²) >= 11 is 0. The number of aryl methyl sites for hydroxylation is 2. The number of hydrogen-bond acceptors (Lipinski definition) is 3. The van der Waals surface area contributed by atoms with Crippen LogP contribution in [0.1, 0.15) is 37.5 Å². The summed E-state index contributed by atoms with van der Waals surface area (Å²) in [5, 5.41) is 2.92. The molecule has 29 heavy (non-hydrogen) atoms. The summed E-state index contributed by atoms with van der Waals surface area (Å²) in [6, 6.07) is 14.8. The molecule has 0 spiro atoms. The van der Waals surface area contributed by atoms with E-state index in [-0.39, 0.29) is 18.4 Å². The first-order chi connectivity index (χ1) is 13.8. The zero-order chi connectivity index (χ0) is 21.4. The Morgan fingerprint density at radius 1 is 1.00 bits per heavy atom. The Hall–Kier alpha value is -2.82. The molecule has 0 aromatic heterocycles. The number of hydrogen-bond donors (Lipinski definition) is 1. The van der Waals surface area contributed by atoms with Gasteiger partial charge in [0.25, 0.3) is 5.91 Å². The van der Waals surface area contributed by atoms with Crippen LogP contribution in [-0.4, -0.2) is 35.9 Å². The Labute approximate surface area is 174 Å². The highest BCUT2D eigenvalue weighted by Crippen LogP contribution is 2.17. The van der Waals surface area contributed by atoms with Crippen molar-refractivity contribution in [3.63, 3.8) is 0 Å². The van der Waals surface area contributed by atoms with Crippen LogP contribution in [0.5, 0.6) is 5.75 Å². The van der Waals surface area contributed by atoms with Gasteiger partial charge in [0.05, 0.1) is 0 Å². The van der Waals surface area contributed by atoms with E-state index in [1.807, 2.05) is 76.2 Å². The third-order valence-corrected chi connectivity index (χ3v) is 4.89. The van der Waals surface area contributed by atoms with Gasteiger partial charge in [0.2, 0.25) is 5.91 Å². The van der Waals surface area contributed by atoms with E-state index in [0.717, 1.165) is 11.1 Å². The summed E-state index contributed by atoms with van der Waals surface area (Å²) in [6.45, 7) is 10.7. The van der Waals surface area contributed by atoms with Crippen molar-refractivity contribution in [2.45, 2.75) is 47.2 Å². The number of nitrogens with zero attached hydrogens (tertiary/aromatic N) is 1. The summed E-state index contributed by atoms with van der Waals surface area (Å²) in [7, 11) is 0. The van der Waals surface area contributed by atoms with Crippen LogP contribution >= 0.6 is 0 Å². The lowest BCUT2D eigenvalue weighted by Crippen LogP contribution is -2.49. The molecule has 5 heteroatoms. The maximum atomic E-state index is 13.0. The van der Waals surface area contributed by atoms with Crippen molar-refractivity contribution in [2.75, 3.05) is 13.2 Å². The summed E-state index contributed by atoms with van der Waals surface area (Å²) in [5.41, 5.74) is 3.25. The van der Waals surface area contributed by atoms with Gasteiger partial charge in [-0.1, -0.05) is 50.2 Å². The molecule has 0 fully saturated rings. The number of carbonyl (C=O) groups excluding carboxylic acids is 2. The van der Waals surface area contributed by atoms with Crippen LogP contribution in [0.3, 0.4) is 0 Å². The monoisotopic (exact) mass is 396 g/mol. The standard InChI is InChI=1S/C24H32N2O3/c1-17(2)14-25-24(28)20(5)26(15-21-9-7-6-8-10-21)23(27)16-29-22-12-11-18(3)19(4)13-22/h6-13,17,20H,14-16H2,1-5H3,(H,25,28). The van der Waals surface area contributed by atoms with Gasteiger partial charge in [0.15, 0.2) is 6.61 Å². The molecular weight excluding hydrogens is 364 g/mol. The Kier molecular flexibility index (Phi) is 8.25. The quantitative estimate of drug-likeness (QED) is 0.700. The second-order valence-electron chi connectivity index (χ2n) is 7.86. The van der Waals surface area contributed by atoms with Gasteiger partial charge in [-0.3, -0.25) is 9.59 Å². The predicted octanol–water partition coefficient (Wildman–Crippen LogP) is 3.87. The molecule has 1 atom stereocenters. The summed E-state index contributed by atoms with van der Waals surface area (Å²) in [4.78, 5) is 27.1. The van der Waals surface area contributed by atoms with Crippen LogP contribution in [0.25, 0.3) is 0 Å². The van der Waals surface area contributed by atoms with E-state index in [4.69, 9.17) is 4.74 Å². The van der Waals surface area contributed by atoms with Gasteiger partial charge in [-0.05, 0) is 55.5 Å². The highest BCUT2D eigenvalue weighted by Gasteiger charge is 2.26. The van der Waals surface area contributed by atoms with Crippen molar-refractivity contribution >= 4 is 11.8 Å². The van der Waals surface area contributed by atoms with Crippen molar-refractivity contribution < 1.29 is 14.3 Å². The van der Waals surface area contributed by atoms with Gasteiger partial charge in [0.1, 0.15) is 11.8 Å². The number of carbonyl (C=O) groups is 2. The van der Waals surface area contributed by atoms with E-state index in [1.54, 1.807) is 11.8 Å². The topological polar surface area (TPSA) is 58.6 Å². The third kappa shape index (κ3) is 6.93. The van der Waals surface area contributed by atoms with Gasteiger partial charge in [-0.2, -0.15) is 0 Å². The number of ether oxygens (including phenoxy) is 1. The van der Waals surface area contributed by atoms with Gasteiger partial charge in [-0.15, -0.1) is 0 Å². The molecule has 2 amide bonds. The molecule has 0 aliphatic carbocycles. The second kappa shape index (κ2) is 10.6. The molecule has 2 rings (SSSR count). The normalized spacial score (nSPS) is 11.8. The number of nitrogens with one attached hydrogen (secondary N) is 1. The van der Waals surface area contributed by atoms with Crippen LogP contribution in [0.15, 0.2) is 48.5 Å². The Morgan fingerprint density at radius 2 is 1.69 bits per heavy atom. The average Bonchev–Trinajstić information content (AvgIpc) is 2.71. The fourth-order valence-corrected chi connectivity index (χ4v) is 2.85. The molecule has 0 aliphatic heterocycles. The van der Waals surface area contributed by atoms with E-state index in [0.29, 0.717) is 24.8 Å². The second-order valence-corrected chi connectivity index (χ2v) is 7.86. The SMILES string of the molecule is Cc1ccc(OCC(=O)N(Cc2ccccc2)C(C)C(=O)NCC(C)C)cc1C. The molecule has 1 N–H and O–H groups in total. The molecule has 5 nitrogen and oxygen atoms in total. The van der Waals surface area contributed by atoms with Crippen LogP contribution in [0, 0.1) is 19.8 Å². The summed E-state index contributed by atoms with van der Waals surface area (Å²) in [5.74, 6) is 0.615. The summed E-state index contributed by atoms with van der Waals surface area (Å²) < 4.78 is 5.73. The lowest BCUT2D eigenvalue weighted by molar-refractivity contribution is -0.142. The van der Waals surface area contributed by atoms with Gasteiger partial charge >= 0.3 is 0 Å². The third-order valence-electron chi connectivity index (χ3n) is 4.89. The van der Waals surface area contributed by atoms with Gasteiger partial charge in [-0.25, -0.2) is 0 Å². The lowest BCUT2D eigenvalue weighted by atomic mass is 10.1. The fourth-order valence-electron chi connectivity index (χ4n) is 2.85. The summed E-state index contributed by atoms with van der Waals surface area (Å²) in [6.07, 6.45) is 0. The Bertz CT molecular complexity index is 818. The van der Waals surface area contributed by atoms with Crippen molar-refractivity contribution in [2.24, 2.45) is 5.92 Å². The highest BCUT2D eigenvalue weighted by molar-refractivity contribution is 5.87. The molecular formula is C24H32N2O3. The maximum absolute atomic E-state index is 13.0. The molecule has 0 saturated carbocycles. The van der Waals surface area contributed by atoms with E-state index >= 15 is 0 Å². The molecule has 0 heterocycles. The highest BCUT2D eigenvalue weighted by atomic mass is 16.5. The lowest BCUT2D eigenvalue weighted by Gasteiger charge is -2.29. The van der Waals surface area contributed by atoms with E-state index in [2.05, 4.69) is 5.32 Å². The first-order valence-electron chi connectivity index (χ1n) is 10.1. The largest absolute Gasteiger partial charge is 0.484 e. The zero-order valence-electron chi connectivity index (χ0n) is 18.1. The average molecular weight is 397 g/mol. The molecule has 2 aromatic carbocycles. The first kappa shape index (κ1) is 22.5. The minimum Gasteiger partial charge on any atom is -0.484 e. The van der Waals surface area contributed by atoms with Crippen molar-refractivity contribution in [1.82, 2.24) is 10.2 Å². The minimum absolute atomic E-state index is 0.114. The number of benzene rings is 2. The molecule has 0 radical (unpaired) electrons. The zero-order valence-corrected chi connectivity index (χ0v) is 18.1. The number of rotatable bonds is 9. The molecule has 0 bridgehead atoms. The van der Waals surface area contributed by atoms with Crippen LogP contribution in [-0.2, 0) is 16.1 Å². The van der Waals surface area contributed by atoms with Crippen LogP contribution < -0.4 is 10.1 Å². The van der Waals surface area contributed by atoms with Crippen molar-refractivity contribution in [3.05, 3.63) is 65.2 Å². The van der Waals surface area contributed by atoms with Crippen molar-refractivity contribution in [1.29, 1.82) is 0 Å². The van der Waals surface area contributed by atoms with E-state index in [9.17, 15) is 9.59 Å². The molecule has 1 unspecified atom stereocenters. The predicted molar refractivity (Wildman–Crippen MR) is 116 cm³/mol. The Balaban J connectivity index is 2.10. The molecule has 0 aliphatic rings. The maximum Gasteiger partial charge on any atom is 0.261 e. The molecule has 2 aromatic rings. The fraction of sp³-hybridized carbons (Fsp3) is 0.417. The first-order valence-corrected chi connectivity index (χ1v) is 10.1. The van der Waals surface area contributed by atoms with Crippen LogP contribution in [0.2, 0.25) is 0 Å². The Morgan fingerprint density at radius 3 is 2.31 bits per heavy atom. The van der Waals surface area contributed by atoms with Gasteiger partial charge < -0.3 is 15.0 Å². The minimum atomic E-state index is -0.593. The smallest absolute Gasteiger partial charge is 0.261 e. The van der Waals surface area contributed by atoms with Crippen molar-refractivity contribution in [3.8, 4) is 5.75 Å².